The Morgan fingerprint density at radius 2 is 1.76 bits per heavy atom. The lowest BCUT2D eigenvalue weighted by Crippen LogP contribution is -2.47. The van der Waals surface area contributed by atoms with Crippen LogP contribution in [0.25, 0.3) is 11.1 Å². The topological polar surface area (TPSA) is 57.6 Å². The second-order valence-corrected chi connectivity index (χ2v) is 6.75. The van der Waals surface area contributed by atoms with E-state index in [1.54, 1.807) is 4.90 Å². The molecule has 2 aromatic carbocycles. The summed E-state index contributed by atoms with van der Waals surface area (Å²) in [7, 11) is 0. The first-order valence-electron chi connectivity index (χ1n) is 8.71. The van der Waals surface area contributed by atoms with Crippen LogP contribution in [0, 0.1) is 5.92 Å². The highest BCUT2D eigenvalue weighted by Crippen LogP contribution is 2.24. The molecule has 4 heteroatoms. The Balaban J connectivity index is 1.73. The third-order valence-electron chi connectivity index (χ3n) is 4.94. The largest absolute Gasteiger partial charge is 0.481 e. The first-order chi connectivity index (χ1) is 12.0. The fraction of sp³-hybridized carbons (Fsp3) is 0.333. The van der Waals surface area contributed by atoms with Gasteiger partial charge in [0.2, 0.25) is 5.91 Å². The molecule has 1 aliphatic heterocycles. The third kappa shape index (κ3) is 4.08. The quantitative estimate of drug-likeness (QED) is 0.927. The Morgan fingerprint density at radius 1 is 1.04 bits per heavy atom. The van der Waals surface area contributed by atoms with Crippen LogP contribution in [0.2, 0.25) is 0 Å². The number of carboxylic acids is 1. The fourth-order valence-corrected chi connectivity index (χ4v) is 3.42. The molecule has 25 heavy (non-hydrogen) atoms. The van der Waals surface area contributed by atoms with Gasteiger partial charge in [0.1, 0.15) is 0 Å². The van der Waals surface area contributed by atoms with Crippen LogP contribution in [-0.2, 0) is 16.0 Å². The maximum absolute atomic E-state index is 12.7. The minimum Gasteiger partial charge on any atom is -0.481 e. The molecule has 0 aliphatic carbocycles. The van der Waals surface area contributed by atoms with Crippen LogP contribution in [0.1, 0.15) is 25.3 Å². The average Bonchev–Trinajstić information content (AvgIpc) is 2.62. The van der Waals surface area contributed by atoms with Crippen LogP contribution in [0.3, 0.4) is 0 Å². The van der Waals surface area contributed by atoms with E-state index in [1.165, 1.54) is 0 Å². The molecule has 0 aromatic heterocycles. The van der Waals surface area contributed by atoms with Gasteiger partial charge in [0, 0.05) is 12.6 Å². The first kappa shape index (κ1) is 17.2. The van der Waals surface area contributed by atoms with Gasteiger partial charge in [0.15, 0.2) is 0 Å². The van der Waals surface area contributed by atoms with Gasteiger partial charge in [0.25, 0.3) is 0 Å². The second kappa shape index (κ2) is 7.51. The number of piperidine rings is 1. The van der Waals surface area contributed by atoms with Gasteiger partial charge in [-0.25, -0.2) is 0 Å². The molecule has 130 valence electrons. The molecule has 3 rings (SSSR count). The first-order valence-corrected chi connectivity index (χ1v) is 8.71. The highest BCUT2D eigenvalue weighted by molar-refractivity contribution is 5.81. The molecule has 2 aromatic rings. The number of benzene rings is 2. The minimum absolute atomic E-state index is 0.00339. The summed E-state index contributed by atoms with van der Waals surface area (Å²) in [5.74, 6) is -1.25. The molecular formula is C21H23NO3. The van der Waals surface area contributed by atoms with E-state index in [4.69, 9.17) is 0 Å². The van der Waals surface area contributed by atoms with Crippen molar-refractivity contribution >= 4 is 11.9 Å². The van der Waals surface area contributed by atoms with E-state index in [2.05, 4.69) is 0 Å². The van der Waals surface area contributed by atoms with E-state index in [0.717, 1.165) is 23.1 Å². The van der Waals surface area contributed by atoms with Crippen molar-refractivity contribution in [2.45, 2.75) is 32.2 Å². The lowest BCUT2D eigenvalue weighted by atomic mass is 9.93. The zero-order chi connectivity index (χ0) is 17.8. The smallest absolute Gasteiger partial charge is 0.308 e. The predicted molar refractivity (Wildman–Crippen MR) is 97.1 cm³/mol. The van der Waals surface area contributed by atoms with E-state index in [0.29, 0.717) is 19.4 Å². The maximum Gasteiger partial charge on any atom is 0.308 e. The molecule has 1 saturated heterocycles. The van der Waals surface area contributed by atoms with Crippen LogP contribution in [-0.4, -0.2) is 34.5 Å². The van der Waals surface area contributed by atoms with Crippen molar-refractivity contribution in [2.75, 3.05) is 6.54 Å². The predicted octanol–water partition coefficient (Wildman–Crippen LogP) is 3.61. The lowest BCUT2D eigenvalue weighted by Gasteiger charge is -2.36. The molecule has 0 saturated carbocycles. The molecule has 1 aliphatic rings. The van der Waals surface area contributed by atoms with E-state index in [-0.39, 0.29) is 11.9 Å². The molecule has 4 nitrogen and oxygen atoms in total. The third-order valence-corrected chi connectivity index (χ3v) is 4.94. The van der Waals surface area contributed by atoms with Gasteiger partial charge in [-0.15, -0.1) is 0 Å². The molecule has 0 unspecified atom stereocenters. The van der Waals surface area contributed by atoms with Gasteiger partial charge in [-0.05, 0) is 36.5 Å². The zero-order valence-electron chi connectivity index (χ0n) is 14.4. The fourth-order valence-electron chi connectivity index (χ4n) is 3.42. The summed E-state index contributed by atoms with van der Waals surface area (Å²) in [5, 5.41) is 9.24. The van der Waals surface area contributed by atoms with E-state index in [9.17, 15) is 14.7 Å². The highest BCUT2D eigenvalue weighted by atomic mass is 16.4. The van der Waals surface area contributed by atoms with Crippen LogP contribution >= 0.6 is 0 Å². The summed E-state index contributed by atoms with van der Waals surface area (Å²) >= 11 is 0. The molecule has 0 bridgehead atoms. The number of hydrogen-bond acceptors (Lipinski definition) is 2. The minimum atomic E-state index is -0.809. The van der Waals surface area contributed by atoms with Crippen LogP contribution < -0.4 is 0 Å². The van der Waals surface area contributed by atoms with Crippen LogP contribution in [0.5, 0.6) is 0 Å². The number of aliphatic carboxylic acids is 1. The monoisotopic (exact) mass is 337 g/mol. The maximum atomic E-state index is 12.7. The number of carbonyl (C=O) groups excluding carboxylic acids is 1. The van der Waals surface area contributed by atoms with Gasteiger partial charge in [0.05, 0.1) is 12.3 Å². The average molecular weight is 337 g/mol. The van der Waals surface area contributed by atoms with Crippen molar-refractivity contribution in [1.82, 2.24) is 4.90 Å². The summed E-state index contributed by atoms with van der Waals surface area (Å²) in [4.78, 5) is 25.7. The van der Waals surface area contributed by atoms with Crippen molar-refractivity contribution in [1.29, 1.82) is 0 Å². The Bertz CT molecular complexity index is 757. The Hall–Kier alpha value is -2.62. The lowest BCUT2D eigenvalue weighted by molar-refractivity contribution is -0.146. The van der Waals surface area contributed by atoms with Gasteiger partial charge < -0.3 is 10.0 Å². The van der Waals surface area contributed by atoms with Crippen molar-refractivity contribution in [3.63, 3.8) is 0 Å². The van der Waals surface area contributed by atoms with E-state index >= 15 is 0 Å². The summed E-state index contributed by atoms with van der Waals surface area (Å²) < 4.78 is 0. The number of carbonyl (C=O) groups is 2. The number of amides is 1. The zero-order valence-corrected chi connectivity index (χ0v) is 14.4. The Labute approximate surface area is 148 Å². The number of nitrogens with zero attached hydrogens (tertiary/aromatic N) is 1. The number of likely N-dealkylation sites (tertiary alicyclic amines) is 1. The van der Waals surface area contributed by atoms with Gasteiger partial charge in [-0.1, -0.05) is 54.6 Å². The molecule has 1 fully saturated rings. The van der Waals surface area contributed by atoms with E-state index in [1.807, 2.05) is 61.5 Å². The highest BCUT2D eigenvalue weighted by Gasteiger charge is 2.32. The molecule has 0 radical (unpaired) electrons. The Kier molecular flexibility index (Phi) is 5.17. The normalized spacial score (nSPS) is 20.3. The Morgan fingerprint density at radius 3 is 2.48 bits per heavy atom. The summed E-state index contributed by atoms with van der Waals surface area (Å²) in [6.45, 7) is 2.31. The second-order valence-electron chi connectivity index (χ2n) is 6.75. The summed E-state index contributed by atoms with van der Waals surface area (Å²) in [6, 6.07) is 18.1. The molecule has 1 heterocycles. The van der Waals surface area contributed by atoms with Crippen LogP contribution in [0.15, 0.2) is 54.6 Å². The molecule has 2 atom stereocenters. The van der Waals surface area contributed by atoms with Crippen molar-refractivity contribution in [3.05, 3.63) is 60.2 Å². The molecule has 0 spiro atoms. The summed E-state index contributed by atoms with van der Waals surface area (Å²) in [6.07, 6.45) is 1.69. The van der Waals surface area contributed by atoms with Gasteiger partial charge in [-0.3, -0.25) is 9.59 Å². The van der Waals surface area contributed by atoms with Crippen molar-refractivity contribution in [2.24, 2.45) is 5.92 Å². The molecular weight excluding hydrogens is 314 g/mol. The molecule has 1 N–H and O–H groups in total. The van der Waals surface area contributed by atoms with Gasteiger partial charge >= 0.3 is 5.97 Å². The van der Waals surface area contributed by atoms with E-state index < -0.39 is 11.9 Å². The van der Waals surface area contributed by atoms with Crippen LogP contribution in [0.4, 0.5) is 0 Å². The SMILES string of the molecule is C[C@H]1CC[C@@H](C(=O)O)CN1C(=O)Cc1cccc(-c2ccccc2)c1. The standard InChI is InChI=1S/C21H23NO3/c1-15-10-11-19(21(24)25)14-22(15)20(23)13-16-6-5-9-18(12-16)17-7-3-2-4-8-17/h2-9,12,15,19H,10-11,13-14H2,1H3,(H,24,25)/t15-,19+/m0/s1. The van der Waals surface area contributed by atoms with Crippen molar-refractivity contribution < 1.29 is 14.7 Å². The van der Waals surface area contributed by atoms with Gasteiger partial charge in [-0.2, -0.15) is 0 Å². The molecule has 1 amide bonds. The van der Waals surface area contributed by atoms with Crippen molar-refractivity contribution in [3.8, 4) is 11.1 Å². The number of rotatable bonds is 4. The number of hydrogen-bond donors (Lipinski definition) is 1. The summed E-state index contributed by atoms with van der Waals surface area (Å²) in [5.41, 5.74) is 3.16. The number of carboxylic acid groups (broad SMARTS) is 1.